The third kappa shape index (κ3) is 24.9. The van der Waals surface area contributed by atoms with E-state index in [-0.39, 0.29) is 27.7 Å². The Morgan fingerprint density at radius 1 is 0.309 bits per heavy atom. The molecule has 0 aliphatic rings. The second kappa shape index (κ2) is 26.0. The van der Waals surface area contributed by atoms with Gasteiger partial charge in [-0.25, -0.2) is 37.3 Å². The van der Waals surface area contributed by atoms with Crippen LogP contribution < -0.4 is 37.3 Å². The van der Waals surface area contributed by atoms with Crippen molar-refractivity contribution in [3.8, 4) is 0 Å². The molecule has 0 saturated carbocycles. The Kier molecular flexibility index (Phi) is 22.3. The van der Waals surface area contributed by atoms with Crippen LogP contribution in [-0.2, 0) is 66.9 Å². The second-order valence-corrected chi connectivity index (χ2v) is 12.5. The summed E-state index contributed by atoms with van der Waals surface area (Å²) in [7, 11) is -9.89. The van der Waals surface area contributed by atoms with Gasteiger partial charge in [-0.15, -0.1) is 20.5 Å². The van der Waals surface area contributed by atoms with E-state index in [1.165, 1.54) is 0 Å². The Balaban J connectivity index is 0.000000301. The van der Waals surface area contributed by atoms with Crippen molar-refractivity contribution in [1.29, 1.82) is 0 Å². The summed E-state index contributed by atoms with van der Waals surface area (Å²) in [6.45, 7) is 4.63. The molecule has 0 aromatic carbocycles. The molecule has 0 radical (unpaired) electrons. The maximum atomic E-state index is 8.49. The zero-order valence-electron chi connectivity index (χ0n) is 29.4. The molecule has 0 amide bonds. The number of hydrogen-bond donors (Lipinski definition) is 0. The summed E-state index contributed by atoms with van der Waals surface area (Å²) in [5.41, 5.74) is 6.30. The molecule has 0 N–H and O–H groups in total. The van der Waals surface area contributed by atoms with Gasteiger partial charge in [0.1, 0.15) is 0 Å². The van der Waals surface area contributed by atoms with Crippen LogP contribution in [0.4, 0.5) is 0 Å². The van der Waals surface area contributed by atoms with E-state index in [2.05, 4.69) is 39.7 Å². The molecule has 0 bridgehead atoms. The van der Waals surface area contributed by atoms with E-state index in [4.69, 9.17) is 37.3 Å². The van der Waals surface area contributed by atoms with Crippen molar-refractivity contribution in [2.24, 2.45) is 0 Å². The Morgan fingerprint density at radius 2 is 0.455 bits per heavy atom. The summed E-state index contributed by atoms with van der Waals surface area (Å²) in [4.78, 5) is 31.1. The first-order valence-electron chi connectivity index (χ1n) is 15.9. The van der Waals surface area contributed by atoms with Crippen LogP contribution in [0.5, 0.6) is 0 Å². The molecule has 6 rings (SSSR count). The number of nitrogens with zero attached hydrogens (tertiary/aromatic N) is 8. The van der Waals surface area contributed by atoms with Gasteiger partial charge in [-0.1, -0.05) is 36.4 Å². The Bertz CT molecular complexity index is 1480. The largest absolute Gasteiger partial charge is 2.00 e. The molecular weight excluding hydrogens is 944 g/mol. The number of rotatable bonds is 12. The maximum Gasteiger partial charge on any atom is 2.00 e. The van der Waals surface area contributed by atoms with Crippen LogP contribution in [0.25, 0.3) is 0 Å². The van der Waals surface area contributed by atoms with Crippen molar-refractivity contribution in [1.82, 2.24) is 39.7 Å². The fourth-order valence-corrected chi connectivity index (χ4v) is 4.66. The van der Waals surface area contributed by atoms with Crippen molar-refractivity contribution < 1.29 is 85.4 Å². The summed E-state index contributed by atoms with van der Waals surface area (Å²) in [5.74, 6) is 0. The average Bonchev–Trinajstić information content (AvgIpc) is 3.13. The summed E-state index contributed by atoms with van der Waals surface area (Å²) >= 11 is 0. The molecule has 0 atom stereocenters. The summed E-state index contributed by atoms with van der Waals surface area (Å²) in [6, 6.07) is 36.0. The molecule has 6 aromatic rings. The Labute approximate surface area is 343 Å². The predicted octanol–water partition coefficient (Wildman–Crippen LogP) is -3.37. The number of hydrogen-bond acceptors (Lipinski definition) is 16. The van der Waals surface area contributed by atoms with Crippen LogP contribution in [0.3, 0.4) is 0 Å². The Hall–Kier alpha value is -3.98. The van der Waals surface area contributed by atoms with Gasteiger partial charge in [-0.3, -0.25) is 39.7 Å². The molecule has 0 saturated heterocycles. The van der Waals surface area contributed by atoms with Crippen LogP contribution in [0, 0.1) is 20.5 Å². The van der Waals surface area contributed by atoms with E-state index in [0.717, 1.165) is 73.4 Å². The summed E-state index contributed by atoms with van der Waals surface area (Å²) < 4.78 is 67.9. The van der Waals surface area contributed by atoms with Gasteiger partial charge in [0.2, 0.25) is 0 Å². The number of pyridine rings is 6. The molecule has 6 heterocycles. The molecule has 0 unspecified atom stereocenters. The monoisotopic (exact) mass is 980 g/mol. The van der Waals surface area contributed by atoms with Gasteiger partial charge in [0, 0.05) is 76.4 Å². The molecule has 0 fully saturated rings. The quantitative estimate of drug-likeness (QED) is 0.108. The molecule has 0 aliphatic heterocycles. The van der Waals surface area contributed by atoms with Crippen LogP contribution >= 0.6 is 0 Å². The van der Waals surface area contributed by atoms with E-state index in [1.807, 2.05) is 146 Å². The smallest absolute Gasteiger partial charge is 0.286 e. The fraction of sp³-hybridized carbons (Fsp3) is 0.167. The van der Waals surface area contributed by atoms with Crippen molar-refractivity contribution in [2.45, 2.75) is 39.3 Å². The topological polar surface area (TPSA) is 268 Å². The predicted molar refractivity (Wildman–Crippen MR) is 171 cm³/mol. The molecule has 0 aliphatic carbocycles. The van der Waals surface area contributed by atoms with Crippen LogP contribution in [0.1, 0.15) is 34.2 Å². The maximum absolute atomic E-state index is 8.49. The van der Waals surface area contributed by atoms with E-state index >= 15 is 0 Å². The van der Waals surface area contributed by atoms with Gasteiger partial charge < -0.3 is 0 Å². The van der Waals surface area contributed by atoms with Crippen LogP contribution in [0.15, 0.2) is 146 Å². The molecule has 284 valence electrons. The number of halogens is 2. The second-order valence-electron chi connectivity index (χ2n) is 11.0. The molecule has 55 heavy (non-hydrogen) atoms. The molecule has 0 spiro atoms. The van der Waals surface area contributed by atoms with Crippen LogP contribution in [0.2, 0.25) is 0 Å². The minimum atomic E-state index is -4.94. The van der Waals surface area contributed by atoms with E-state index in [9.17, 15) is 0 Å². The first-order valence-corrected chi connectivity index (χ1v) is 18.3. The van der Waals surface area contributed by atoms with Gasteiger partial charge in [0.05, 0.1) is 34.2 Å². The van der Waals surface area contributed by atoms with Crippen molar-refractivity contribution in [3.63, 3.8) is 0 Å². The SMILES string of the molecule is [Hg+2].[O-][Cl+3]([O-])([O-])[O-].[O-][Cl+3]([O-])([O-])[O-].c1ccc(CN(Cc2ccccn2)Cc2ccccn2)nc1.c1ccc(CN(Cc2ccccn2)Cc2ccccn2)nc1. The summed E-state index contributed by atoms with van der Waals surface area (Å²) in [5, 5.41) is 0. The molecular formula is C36H36Cl2HgN8O8. The van der Waals surface area contributed by atoms with Crippen molar-refractivity contribution >= 4 is 0 Å². The van der Waals surface area contributed by atoms with Gasteiger partial charge in [0.15, 0.2) is 0 Å². The van der Waals surface area contributed by atoms with Gasteiger partial charge in [0.25, 0.3) is 0 Å². The average molecular weight is 980 g/mol. The minimum absolute atomic E-state index is 0. The third-order valence-corrected chi connectivity index (χ3v) is 6.67. The van der Waals surface area contributed by atoms with E-state index in [0.29, 0.717) is 0 Å². The molecule has 19 heteroatoms. The zero-order valence-corrected chi connectivity index (χ0v) is 36.4. The van der Waals surface area contributed by atoms with Gasteiger partial charge in [-0.05, 0) is 72.8 Å². The standard InChI is InChI=1S/2C18H18N4.2ClHO4.Hg/c2*1-4-10-19-16(7-1)13-22(14-17-8-2-5-11-20-17)15-18-9-3-6-12-21-18;2*2-1(3,4)5;/h2*1-12H,13-15H2;2*(H,2,3,4,5);/q;;;;+2/p-2. The van der Waals surface area contributed by atoms with Gasteiger partial charge >= 0.3 is 27.7 Å². The Morgan fingerprint density at radius 3 is 0.564 bits per heavy atom. The summed E-state index contributed by atoms with van der Waals surface area (Å²) in [6.07, 6.45) is 11.0. The molecule has 6 aromatic heterocycles. The number of aromatic nitrogens is 6. The first kappa shape index (κ1) is 47.2. The van der Waals surface area contributed by atoms with Crippen molar-refractivity contribution in [2.75, 3.05) is 0 Å². The van der Waals surface area contributed by atoms with Crippen molar-refractivity contribution in [3.05, 3.63) is 181 Å². The normalized spacial score (nSPS) is 10.8. The van der Waals surface area contributed by atoms with E-state index in [1.54, 1.807) is 0 Å². The van der Waals surface area contributed by atoms with Crippen LogP contribution in [-0.4, -0.2) is 39.7 Å². The first-order chi connectivity index (χ1) is 25.8. The molecule has 16 nitrogen and oxygen atoms in total. The zero-order chi connectivity index (χ0) is 39.1. The minimum Gasteiger partial charge on any atom is -0.286 e. The van der Waals surface area contributed by atoms with Gasteiger partial charge in [-0.2, -0.15) is 0 Å². The fourth-order valence-electron chi connectivity index (χ4n) is 4.66. The third-order valence-electron chi connectivity index (χ3n) is 6.67. The van der Waals surface area contributed by atoms with E-state index < -0.39 is 20.5 Å².